The van der Waals surface area contributed by atoms with Gasteiger partial charge in [0.1, 0.15) is 22.8 Å². The smallest absolute Gasteiger partial charge is 0.339 e. The number of benzene rings is 1. The molecule has 1 aromatic heterocycles. The molecule has 2 rings (SSSR count). The van der Waals surface area contributed by atoms with Gasteiger partial charge in [0.2, 0.25) is 5.91 Å². The van der Waals surface area contributed by atoms with Gasteiger partial charge in [-0.2, -0.15) is 0 Å². The van der Waals surface area contributed by atoms with Crippen molar-refractivity contribution in [3.05, 3.63) is 47.4 Å². The Balaban J connectivity index is 1.96. The summed E-state index contributed by atoms with van der Waals surface area (Å²) in [5.74, 6) is -0.345. The van der Waals surface area contributed by atoms with Crippen LogP contribution in [0.4, 0.5) is 5.69 Å². The zero-order valence-electron chi connectivity index (χ0n) is 11.4. The van der Waals surface area contributed by atoms with Crippen molar-refractivity contribution in [1.82, 2.24) is 0 Å². The highest BCUT2D eigenvalue weighted by Gasteiger charge is 2.12. The fourth-order valence-electron chi connectivity index (χ4n) is 1.86. The molecular formula is C15H15NO5. The Morgan fingerprint density at radius 1 is 1.24 bits per heavy atom. The third-order valence-electron chi connectivity index (χ3n) is 2.91. The number of hydrogen-bond acceptors (Lipinski definition) is 4. The molecule has 0 aliphatic carbocycles. The Hall–Kier alpha value is -2.76. The van der Waals surface area contributed by atoms with E-state index in [-0.39, 0.29) is 23.6 Å². The zero-order chi connectivity index (χ0) is 15.4. The van der Waals surface area contributed by atoms with Gasteiger partial charge in [0.25, 0.3) is 0 Å². The molecule has 0 aliphatic rings. The Morgan fingerprint density at radius 2 is 2.00 bits per heavy atom. The maximum atomic E-state index is 11.8. The van der Waals surface area contributed by atoms with E-state index in [2.05, 4.69) is 5.32 Å². The molecule has 6 nitrogen and oxygen atoms in total. The van der Waals surface area contributed by atoms with Crippen molar-refractivity contribution in [2.24, 2.45) is 0 Å². The van der Waals surface area contributed by atoms with Gasteiger partial charge < -0.3 is 19.9 Å². The van der Waals surface area contributed by atoms with Gasteiger partial charge in [0, 0.05) is 18.5 Å². The van der Waals surface area contributed by atoms with Gasteiger partial charge >= 0.3 is 5.97 Å². The van der Waals surface area contributed by atoms with E-state index < -0.39 is 5.97 Å². The predicted molar refractivity (Wildman–Crippen MR) is 75.5 cm³/mol. The summed E-state index contributed by atoms with van der Waals surface area (Å²) in [6.07, 6.45) is 0.680. The summed E-state index contributed by atoms with van der Waals surface area (Å²) in [7, 11) is 0. The number of phenols is 1. The van der Waals surface area contributed by atoms with Crippen molar-refractivity contribution in [3.63, 3.8) is 0 Å². The van der Waals surface area contributed by atoms with Gasteiger partial charge in [-0.3, -0.25) is 4.79 Å². The van der Waals surface area contributed by atoms with Crippen LogP contribution in [0.15, 0.2) is 34.7 Å². The minimum atomic E-state index is -1.25. The fourth-order valence-corrected chi connectivity index (χ4v) is 1.86. The number of aromatic hydroxyl groups is 1. The molecular weight excluding hydrogens is 274 g/mol. The van der Waals surface area contributed by atoms with E-state index in [1.54, 1.807) is 0 Å². The number of anilines is 1. The van der Waals surface area contributed by atoms with E-state index in [4.69, 9.17) is 9.52 Å². The molecule has 0 aliphatic heterocycles. The molecule has 0 unspecified atom stereocenters. The monoisotopic (exact) mass is 289 g/mol. The lowest BCUT2D eigenvalue weighted by atomic mass is 10.1. The standard InChI is InChI=1S/C15H15NO5/c1-9-2-4-11(21-9)5-7-14(18)16-10-3-6-13(17)12(8-10)15(19)20/h2-4,6,8,17H,5,7H2,1H3,(H,16,18)(H,19,20). The number of carbonyl (C=O) groups excluding carboxylic acids is 1. The number of carboxylic acid groups (broad SMARTS) is 1. The first-order chi connectivity index (χ1) is 9.95. The quantitative estimate of drug-likeness (QED) is 0.734. The van der Waals surface area contributed by atoms with E-state index in [0.717, 1.165) is 11.5 Å². The number of furan rings is 1. The lowest BCUT2D eigenvalue weighted by molar-refractivity contribution is -0.116. The van der Waals surface area contributed by atoms with Gasteiger partial charge in [-0.15, -0.1) is 0 Å². The predicted octanol–water partition coefficient (Wildman–Crippen LogP) is 2.56. The molecule has 0 spiro atoms. The van der Waals surface area contributed by atoms with E-state index in [1.165, 1.54) is 18.2 Å². The number of rotatable bonds is 5. The minimum Gasteiger partial charge on any atom is -0.507 e. The highest BCUT2D eigenvalue weighted by molar-refractivity contribution is 5.95. The van der Waals surface area contributed by atoms with Crippen molar-refractivity contribution in [3.8, 4) is 5.75 Å². The van der Waals surface area contributed by atoms with Crippen molar-refractivity contribution in [2.75, 3.05) is 5.32 Å². The molecule has 2 aromatic rings. The van der Waals surface area contributed by atoms with Crippen molar-refractivity contribution >= 4 is 17.6 Å². The summed E-state index contributed by atoms with van der Waals surface area (Å²) in [6.45, 7) is 1.83. The molecule has 21 heavy (non-hydrogen) atoms. The van der Waals surface area contributed by atoms with Crippen LogP contribution in [-0.2, 0) is 11.2 Å². The number of carboxylic acids is 1. The van der Waals surface area contributed by atoms with Gasteiger partial charge in [0.05, 0.1) is 0 Å². The maximum absolute atomic E-state index is 11.8. The Labute approximate surface area is 121 Å². The van der Waals surface area contributed by atoms with E-state index in [1.807, 2.05) is 19.1 Å². The molecule has 3 N–H and O–H groups in total. The van der Waals surface area contributed by atoms with Crippen LogP contribution in [-0.4, -0.2) is 22.1 Å². The van der Waals surface area contributed by atoms with Crippen LogP contribution in [0.1, 0.15) is 28.3 Å². The minimum absolute atomic E-state index is 0.218. The van der Waals surface area contributed by atoms with Gasteiger partial charge in [-0.25, -0.2) is 4.79 Å². The third-order valence-corrected chi connectivity index (χ3v) is 2.91. The highest BCUT2D eigenvalue weighted by atomic mass is 16.4. The van der Waals surface area contributed by atoms with Crippen LogP contribution >= 0.6 is 0 Å². The SMILES string of the molecule is Cc1ccc(CCC(=O)Nc2ccc(O)c(C(=O)O)c2)o1. The molecule has 1 amide bonds. The molecule has 0 bridgehead atoms. The highest BCUT2D eigenvalue weighted by Crippen LogP contribution is 2.21. The summed E-state index contributed by atoms with van der Waals surface area (Å²) in [5.41, 5.74) is 0.0697. The van der Waals surface area contributed by atoms with E-state index >= 15 is 0 Å². The van der Waals surface area contributed by atoms with Crippen LogP contribution in [0.5, 0.6) is 5.75 Å². The van der Waals surface area contributed by atoms with Crippen molar-refractivity contribution in [1.29, 1.82) is 0 Å². The summed E-state index contributed by atoms with van der Waals surface area (Å²) >= 11 is 0. The van der Waals surface area contributed by atoms with Crippen LogP contribution in [0.2, 0.25) is 0 Å². The normalized spacial score (nSPS) is 10.3. The van der Waals surface area contributed by atoms with Crippen LogP contribution < -0.4 is 5.32 Å². The molecule has 1 heterocycles. The Kier molecular flexibility index (Phi) is 4.27. The average molecular weight is 289 g/mol. The summed E-state index contributed by atoms with van der Waals surface area (Å²) in [5, 5.41) is 20.9. The third kappa shape index (κ3) is 3.85. The first-order valence-corrected chi connectivity index (χ1v) is 6.37. The maximum Gasteiger partial charge on any atom is 0.339 e. The fraction of sp³-hybridized carbons (Fsp3) is 0.200. The topological polar surface area (TPSA) is 99.8 Å². The second kappa shape index (κ2) is 6.13. The molecule has 0 fully saturated rings. The second-order valence-electron chi connectivity index (χ2n) is 4.60. The first kappa shape index (κ1) is 14.6. The number of aryl methyl sites for hydroxylation is 2. The second-order valence-corrected chi connectivity index (χ2v) is 4.60. The largest absolute Gasteiger partial charge is 0.507 e. The van der Waals surface area contributed by atoms with Crippen LogP contribution in [0, 0.1) is 6.92 Å². The van der Waals surface area contributed by atoms with E-state index in [9.17, 15) is 14.7 Å². The van der Waals surface area contributed by atoms with Crippen LogP contribution in [0.3, 0.4) is 0 Å². The molecule has 0 radical (unpaired) electrons. The van der Waals surface area contributed by atoms with Crippen molar-refractivity contribution < 1.29 is 24.2 Å². The molecule has 0 saturated carbocycles. The number of nitrogens with one attached hydrogen (secondary N) is 1. The van der Waals surface area contributed by atoms with Gasteiger partial charge in [-0.1, -0.05) is 0 Å². The Bertz CT molecular complexity index is 674. The number of hydrogen-bond donors (Lipinski definition) is 3. The molecule has 6 heteroatoms. The first-order valence-electron chi connectivity index (χ1n) is 6.37. The molecule has 110 valence electrons. The number of carbonyl (C=O) groups is 2. The van der Waals surface area contributed by atoms with E-state index in [0.29, 0.717) is 12.1 Å². The summed E-state index contributed by atoms with van der Waals surface area (Å²) in [6, 6.07) is 7.52. The number of aromatic carboxylic acids is 1. The van der Waals surface area contributed by atoms with Crippen molar-refractivity contribution in [2.45, 2.75) is 19.8 Å². The Morgan fingerprint density at radius 3 is 2.62 bits per heavy atom. The molecule has 1 aromatic carbocycles. The van der Waals surface area contributed by atoms with Gasteiger partial charge in [-0.05, 0) is 37.3 Å². The van der Waals surface area contributed by atoms with Crippen LogP contribution in [0.25, 0.3) is 0 Å². The number of amides is 1. The molecule has 0 atom stereocenters. The summed E-state index contributed by atoms with van der Waals surface area (Å²) < 4.78 is 5.36. The van der Waals surface area contributed by atoms with Gasteiger partial charge in [0.15, 0.2) is 0 Å². The molecule has 0 saturated heterocycles. The lowest BCUT2D eigenvalue weighted by Gasteiger charge is -2.06. The average Bonchev–Trinajstić information content (AvgIpc) is 2.84. The lowest BCUT2D eigenvalue weighted by Crippen LogP contribution is -2.12. The summed E-state index contributed by atoms with van der Waals surface area (Å²) in [4.78, 5) is 22.7. The zero-order valence-corrected chi connectivity index (χ0v) is 11.4.